The number of aromatic nitrogens is 2. The van der Waals surface area contributed by atoms with Crippen molar-refractivity contribution in [2.75, 3.05) is 37.5 Å². The summed E-state index contributed by atoms with van der Waals surface area (Å²) in [5.41, 5.74) is 3.02. The monoisotopic (exact) mass is 471 g/mol. The van der Waals surface area contributed by atoms with E-state index in [9.17, 15) is 14.3 Å². The molecule has 3 aromatic rings. The van der Waals surface area contributed by atoms with E-state index in [0.717, 1.165) is 22.2 Å². The Morgan fingerprint density at radius 2 is 2.15 bits per heavy atom. The van der Waals surface area contributed by atoms with Gasteiger partial charge in [-0.05, 0) is 55.7 Å². The van der Waals surface area contributed by atoms with Crippen molar-refractivity contribution in [3.8, 4) is 5.75 Å². The van der Waals surface area contributed by atoms with Crippen LogP contribution < -0.4 is 10.1 Å². The lowest BCUT2D eigenvalue weighted by atomic mass is 10.1. The fourth-order valence-electron chi connectivity index (χ4n) is 3.78. The molecule has 1 unspecified atom stereocenters. The Labute approximate surface area is 193 Å². The summed E-state index contributed by atoms with van der Waals surface area (Å²) in [6.45, 7) is 2.48. The minimum absolute atomic E-state index is 0.100. The molecular formula is C23H26FN5O3S. The van der Waals surface area contributed by atoms with Crippen LogP contribution in [0, 0.1) is 12.7 Å². The third-order valence-corrected chi connectivity index (χ3v) is 5.85. The Bertz CT molecular complexity index is 1230. The van der Waals surface area contributed by atoms with Gasteiger partial charge in [0.25, 0.3) is 5.91 Å². The van der Waals surface area contributed by atoms with Gasteiger partial charge in [-0.3, -0.25) is 4.79 Å². The summed E-state index contributed by atoms with van der Waals surface area (Å²) in [6.07, 6.45) is 5.57. The molecule has 1 atom stereocenters. The fourth-order valence-corrected chi connectivity index (χ4v) is 4.30. The molecule has 2 heterocycles. The van der Waals surface area contributed by atoms with E-state index in [-0.39, 0.29) is 35.5 Å². The number of nitrogens with zero attached hydrogens (tertiary/aromatic N) is 4. The zero-order valence-electron chi connectivity index (χ0n) is 18.7. The molecule has 1 aliphatic rings. The molecule has 10 heteroatoms. The summed E-state index contributed by atoms with van der Waals surface area (Å²) in [5, 5.41) is 13.7. The van der Waals surface area contributed by atoms with Gasteiger partial charge in [-0.15, -0.1) is 10.7 Å². The molecule has 174 valence electrons. The molecule has 0 spiro atoms. The maximum Gasteiger partial charge on any atom is 0.260 e. The van der Waals surface area contributed by atoms with Gasteiger partial charge in [0.1, 0.15) is 23.7 Å². The summed E-state index contributed by atoms with van der Waals surface area (Å²) in [5.74, 6) is -0.00189. The predicted molar refractivity (Wildman–Crippen MR) is 128 cm³/mol. The van der Waals surface area contributed by atoms with Crippen molar-refractivity contribution in [3.05, 3.63) is 48.0 Å². The summed E-state index contributed by atoms with van der Waals surface area (Å²) in [4.78, 5) is 22.7. The molecule has 1 aromatic heterocycles. The molecule has 0 aliphatic carbocycles. The first-order valence-corrected chi connectivity index (χ1v) is 12.5. The number of halogens is 1. The predicted octanol–water partition coefficient (Wildman–Crippen LogP) is 3.49. The number of hydrogen-bond acceptors (Lipinski definition) is 7. The number of carbonyl (C=O) groups is 1. The van der Waals surface area contributed by atoms with Crippen molar-refractivity contribution < 1.29 is 19.0 Å². The SMILES string of the molecule is Cc1cc(N=S(C)C)cc2ncnc(Nc3ccc(F)cc3OCC(=O)N3CCC(O)C3)c12. The molecule has 0 bridgehead atoms. The second-order valence-electron chi connectivity index (χ2n) is 8.08. The van der Waals surface area contributed by atoms with Gasteiger partial charge in [-0.2, -0.15) is 0 Å². The second-order valence-corrected chi connectivity index (χ2v) is 9.81. The number of aryl methyl sites for hydroxylation is 1. The standard InChI is InChI=1S/C23H26FN5O3S/c1-14-8-16(28-33(2)3)10-19-22(14)23(26-13-25-19)27-18-5-4-15(24)9-20(18)32-12-21(31)29-7-6-17(30)11-29/h4-5,8-10,13,17,30H,6-7,11-12H2,1-3H3,(H,25,26,27). The van der Waals surface area contributed by atoms with E-state index in [1.165, 1.54) is 18.5 Å². The van der Waals surface area contributed by atoms with Gasteiger partial charge in [0.2, 0.25) is 0 Å². The average Bonchev–Trinajstić information content (AvgIpc) is 3.19. The van der Waals surface area contributed by atoms with Crippen molar-refractivity contribution in [2.24, 2.45) is 4.36 Å². The van der Waals surface area contributed by atoms with E-state index in [1.54, 1.807) is 11.0 Å². The summed E-state index contributed by atoms with van der Waals surface area (Å²) in [7, 11) is -0.100. The number of hydrogen-bond donors (Lipinski definition) is 2. The van der Waals surface area contributed by atoms with E-state index in [1.807, 2.05) is 31.6 Å². The lowest BCUT2D eigenvalue weighted by molar-refractivity contribution is -0.132. The Balaban J connectivity index is 1.60. The highest BCUT2D eigenvalue weighted by molar-refractivity contribution is 7.85. The number of ether oxygens (including phenoxy) is 1. The molecule has 1 aliphatic heterocycles. The van der Waals surface area contributed by atoms with Gasteiger partial charge in [0.15, 0.2) is 6.61 Å². The summed E-state index contributed by atoms with van der Waals surface area (Å²) < 4.78 is 24.2. The highest BCUT2D eigenvalue weighted by Crippen LogP contribution is 2.33. The molecule has 1 amide bonds. The molecule has 2 aromatic carbocycles. The Hall–Kier alpha value is -3.11. The van der Waals surface area contributed by atoms with Gasteiger partial charge in [-0.1, -0.05) is 0 Å². The lowest BCUT2D eigenvalue weighted by Crippen LogP contribution is -2.33. The van der Waals surface area contributed by atoms with Crippen molar-refractivity contribution in [2.45, 2.75) is 19.4 Å². The van der Waals surface area contributed by atoms with Crippen LogP contribution in [-0.4, -0.2) is 64.2 Å². The number of benzene rings is 2. The molecular weight excluding hydrogens is 445 g/mol. The summed E-state index contributed by atoms with van der Waals surface area (Å²) in [6, 6.07) is 7.97. The smallest absolute Gasteiger partial charge is 0.260 e. The zero-order valence-corrected chi connectivity index (χ0v) is 19.5. The number of amides is 1. The second kappa shape index (κ2) is 9.80. The van der Waals surface area contributed by atoms with Crippen LogP contribution in [0.3, 0.4) is 0 Å². The van der Waals surface area contributed by atoms with Crippen molar-refractivity contribution in [1.82, 2.24) is 14.9 Å². The van der Waals surface area contributed by atoms with E-state index >= 15 is 0 Å². The van der Waals surface area contributed by atoms with Crippen molar-refractivity contribution in [1.29, 1.82) is 0 Å². The largest absolute Gasteiger partial charge is 0.481 e. The van der Waals surface area contributed by atoms with Crippen LogP contribution >= 0.6 is 0 Å². The van der Waals surface area contributed by atoms with Crippen LogP contribution in [0.5, 0.6) is 5.75 Å². The van der Waals surface area contributed by atoms with Gasteiger partial charge in [-0.25, -0.2) is 18.7 Å². The number of aliphatic hydroxyl groups excluding tert-OH is 1. The third-order valence-electron chi connectivity index (χ3n) is 5.27. The molecule has 2 N–H and O–H groups in total. The van der Waals surface area contributed by atoms with E-state index in [4.69, 9.17) is 4.74 Å². The van der Waals surface area contributed by atoms with Crippen LogP contribution in [0.25, 0.3) is 10.9 Å². The Morgan fingerprint density at radius 3 is 2.88 bits per heavy atom. The van der Waals surface area contributed by atoms with E-state index < -0.39 is 11.9 Å². The first-order valence-electron chi connectivity index (χ1n) is 10.5. The first kappa shape index (κ1) is 23.1. The molecule has 1 saturated heterocycles. The number of likely N-dealkylation sites (tertiary alicyclic amines) is 1. The number of β-amino-alcohol motifs (C(OH)–C–C–N with tert-alkyl or cyclic N) is 1. The van der Waals surface area contributed by atoms with E-state index in [0.29, 0.717) is 24.5 Å². The molecule has 4 rings (SSSR count). The number of anilines is 2. The topological polar surface area (TPSA) is 99.9 Å². The molecule has 1 fully saturated rings. The molecule has 0 saturated carbocycles. The van der Waals surface area contributed by atoms with Gasteiger partial charge in [0.05, 0.1) is 23.0 Å². The van der Waals surface area contributed by atoms with Crippen molar-refractivity contribution >= 4 is 44.7 Å². The van der Waals surface area contributed by atoms with Crippen LogP contribution in [0.4, 0.5) is 21.6 Å². The van der Waals surface area contributed by atoms with Crippen molar-refractivity contribution in [3.63, 3.8) is 0 Å². The minimum Gasteiger partial charge on any atom is -0.481 e. The van der Waals surface area contributed by atoms with Gasteiger partial charge in [0, 0.05) is 24.5 Å². The molecule has 0 radical (unpaired) electrons. The number of carbonyl (C=O) groups excluding carboxylic acids is 1. The van der Waals surface area contributed by atoms with Crippen LogP contribution in [0.1, 0.15) is 12.0 Å². The van der Waals surface area contributed by atoms with E-state index in [2.05, 4.69) is 19.6 Å². The molecule has 8 nitrogen and oxygen atoms in total. The van der Waals surface area contributed by atoms with Crippen LogP contribution in [0.15, 0.2) is 41.0 Å². The number of rotatable bonds is 6. The summed E-state index contributed by atoms with van der Waals surface area (Å²) >= 11 is 0. The van der Waals surface area contributed by atoms with Crippen LogP contribution in [-0.2, 0) is 15.5 Å². The number of aliphatic hydroxyl groups is 1. The average molecular weight is 472 g/mol. The maximum atomic E-state index is 14.0. The quantitative estimate of drug-likeness (QED) is 0.571. The lowest BCUT2D eigenvalue weighted by Gasteiger charge is -2.18. The van der Waals surface area contributed by atoms with Gasteiger partial charge < -0.3 is 20.1 Å². The zero-order chi connectivity index (χ0) is 23.5. The first-order chi connectivity index (χ1) is 15.8. The Morgan fingerprint density at radius 1 is 1.33 bits per heavy atom. The van der Waals surface area contributed by atoms with Gasteiger partial charge >= 0.3 is 0 Å². The fraction of sp³-hybridized carbons (Fsp3) is 0.348. The normalized spacial score (nSPS) is 15.8. The minimum atomic E-state index is -0.510. The molecule has 33 heavy (non-hydrogen) atoms. The van der Waals surface area contributed by atoms with Crippen LogP contribution in [0.2, 0.25) is 0 Å². The highest BCUT2D eigenvalue weighted by Gasteiger charge is 2.25. The highest BCUT2D eigenvalue weighted by atomic mass is 32.2. The Kier molecular flexibility index (Phi) is 6.85. The maximum absolute atomic E-state index is 14.0. The number of nitrogens with one attached hydrogen (secondary N) is 1. The number of fused-ring (bicyclic) bond motifs is 1. The third kappa shape index (κ3) is 5.45.